The van der Waals surface area contributed by atoms with Crippen molar-refractivity contribution in [3.8, 4) is 0 Å². The molecule has 0 aliphatic rings. The molecule has 162 valence electrons. The number of nitrogens with one attached hydrogen (secondary N) is 1. The fourth-order valence-corrected chi connectivity index (χ4v) is 3.27. The number of anilines is 1. The second-order valence-corrected chi connectivity index (χ2v) is 7.04. The van der Waals surface area contributed by atoms with Crippen molar-refractivity contribution in [1.82, 2.24) is 9.55 Å². The van der Waals surface area contributed by atoms with E-state index in [1.165, 1.54) is 0 Å². The summed E-state index contributed by atoms with van der Waals surface area (Å²) in [5.74, 6) is -0.208. The van der Waals surface area contributed by atoms with Crippen molar-refractivity contribution in [1.29, 1.82) is 0 Å². The lowest BCUT2D eigenvalue weighted by atomic mass is 10.1. The molecular weight excluding hydrogens is 414 g/mol. The number of amides is 1. The van der Waals surface area contributed by atoms with Crippen LogP contribution in [0.25, 0.3) is 11.0 Å². The lowest BCUT2D eigenvalue weighted by Gasteiger charge is -2.08. The van der Waals surface area contributed by atoms with E-state index in [1.54, 1.807) is 67.6 Å². The molecular formula is C24H20F2N4O2. The van der Waals surface area contributed by atoms with Gasteiger partial charge in [0.1, 0.15) is 12.3 Å². The van der Waals surface area contributed by atoms with Crippen molar-refractivity contribution in [2.75, 3.05) is 5.32 Å². The number of carbonyl (C=O) groups excluding carboxylic acids is 1. The Morgan fingerprint density at radius 2 is 1.81 bits per heavy atom. The lowest BCUT2D eigenvalue weighted by Crippen LogP contribution is -2.12. The smallest absolute Gasteiger partial charge is 0.320 e. The Balaban J connectivity index is 1.46. The maximum absolute atomic E-state index is 13.6. The number of benzene rings is 3. The molecule has 4 rings (SSSR count). The van der Waals surface area contributed by atoms with Gasteiger partial charge in [-0.25, -0.2) is 4.98 Å². The molecule has 0 bridgehead atoms. The molecule has 6 nitrogen and oxygen atoms in total. The summed E-state index contributed by atoms with van der Waals surface area (Å²) < 4.78 is 28.0. The van der Waals surface area contributed by atoms with Crippen LogP contribution in [0, 0.1) is 0 Å². The molecule has 0 aliphatic heterocycles. The average molecular weight is 434 g/mol. The largest absolute Gasteiger partial charge is 0.391 e. The summed E-state index contributed by atoms with van der Waals surface area (Å²) in [5, 5.41) is 6.79. The summed E-state index contributed by atoms with van der Waals surface area (Å²) in [5.41, 5.74) is 2.87. The predicted octanol–water partition coefficient (Wildman–Crippen LogP) is 5.62. The fourth-order valence-electron chi connectivity index (χ4n) is 3.27. The Labute approximate surface area is 183 Å². The van der Waals surface area contributed by atoms with Gasteiger partial charge >= 0.3 is 6.55 Å². The van der Waals surface area contributed by atoms with Crippen LogP contribution < -0.4 is 5.32 Å². The van der Waals surface area contributed by atoms with Crippen LogP contribution in [0.3, 0.4) is 0 Å². The zero-order valence-corrected chi connectivity index (χ0v) is 17.2. The van der Waals surface area contributed by atoms with Gasteiger partial charge in [-0.3, -0.25) is 9.36 Å². The standard InChI is InChI=1S/C24H20F2N4O2/c1-16(22-28-20-12-5-6-13-21(20)30(22)24(25)26)29-32-15-17-8-7-9-18(14-17)23(31)27-19-10-3-2-4-11-19/h2-14,24H,15H2,1H3,(H,27,31)/b29-16-. The average Bonchev–Trinajstić information content (AvgIpc) is 3.20. The number of carbonyl (C=O) groups is 1. The number of oxime groups is 1. The van der Waals surface area contributed by atoms with E-state index < -0.39 is 6.55 Å². The molecule has 4 aromatic rings. The monoisotopic (exact) mass is 434 g/mol. The van der Waals surface area contributed by atoms with E-state index in [9.17, 15) is 13.6 Å². The van der Waals surface area contributed by atoms with Gasteiger partial charge in [-0.2, -0.15) is 8.78 Å². The van der Waals surface area contributed by atoms with E-state index in [0.29, 0.717) is 27.8 Å². The second kappa shape index (κ2) is 9.38. The highest BCUT2D eigenvalue weighted by Gasteiger charge is 2.19. The molecule has 0 spiro atoms. The molecule has 0 atom stereocenters. The molecule has 0 unspecified atom stereocenters. The molecule has 0 saturated carbocycles. The third-order valence-electron chi connectivity index (χ3n) is 4.77. The van der Waals surface area contributed by atoms with Gasteiger partial charge in [-0.05, 0) is 48.9 Å². The summed E-state index contributed by atoms with van der Waals surface area (Å²) in [7, 11) is 0. The first-order valence-corrected chi connectivity index (χ1v) is 9.90. The van der Waals surface area contributed by atoms with Gasteiger partial charge in [0, 0.05) is 11.3 Å². The first-order chi connectivity index (χ1) is 15.5. The number of aromatic nitrogens is 2. The van der Waals surface area contributed by atoms with Gasteiger partial charge in [0.15, 0.2) is 5.82 Å². The van der Waals surface area contributed by atoms with Gasteiger partial charge in [0.2, 0.25) is 0 Å². The Morgan fingerprint density at radius 1 is 1.06 bits per heavy atom. The number of para-hydroxylation sites is 3. The number of imidazole rings is 1. The van der Waals surface area contributed by atoms with Crippen LogP contribution in [0.2, 0.25) is 0 Å². The summed E-state index contributed by atoms with van der Waals surface area (Å²) in [6.07, 6.45) is 0. The van der Waals surface area contributed by atoms with E-state index in [1.807, 2.05) is 18.2 Å². The number of hydrogen-bond donors (Lipinski definition) is 1. The molecule has 0 fully saturated rings. The minimum absolute atomic E-state index is 0.0391. The molecule has 0 saturated heterocycles. The van der Waals surface area contributed by atoms with Gasteiger partial charge < -0.3 is 10.2 Å². The summed E-state index contributed by atoms with van der Waals surface area (Å²) in [6, 6.07) is 22.7. The van der Waals surface area contributed by atoms with E-state index >= 15 is 0 Å². The number of alkyl halides is 2. The number of hydrogen-bond acceptors (Lipinski definition) is 4. The van der Waals surface area contributed by atoms with Crippen LogP contribution in [0.5, 0.6) is 0 Å². The quantitative estimate of drug-likeness (QED) is 0.303. The zero-order chi connectivity index (χ0) is 22.5. The number of rotatable bonds is 7. The van der Waals surface area contributed by atoms with E-state index in [-0.39, 0.29) is 24.1 Å². The topological polar surface area (TPSA) is 68.5 Å². The third-order valence-corrected chi connectivity index (χ3v) is 4.77. The molecule has 1 amide bonds. The van der Waals surface area contributed by atoms with Gasteiger partial charge in [0.25, 0.3) is 5.91 Å². The molecule has 1 heterocycles. The van der Waals surface area contributed by atoms with Crippen molar-refractivity contribution in [3.63, 3.8) is 0 Å². The Bertz CT molecular complexity index is 1270. The SMILES string of the molecule is C/C(=N/OCc1cccc(C(=O)Nc2ccccc2)c1)c1nc2ccccc2n1C(F)F. The highest BCUT2D eigenvalue weighted by Crippen LogP contribution is 2.23. The highest BCUT2D eigenvalue weighted by atomic mass is 19.3. The number of fused-ring (bicyclic) bond motifs is 1. The maximum Gasteiger partial charge on any atom is 0.320 e. The first-order valence-electron chi connectivity index (χ1n) is 9.90. The van der Waals surface area contributed by atoms with Gasteiger partial charge in [0.05, 0.1) is 11.0 Å². The number of nitrogens with zero attached hydrogens (tertiary/aromatic N) is 3. The Morgan fingerprint density at radius 3 is 2.59 bits per heavy atom. The zero-order valence-electron chi connectivity index (χ0n) is 17.2. The summed E-state index contributed by atoms with van der Waals surface area (Å²) in [6.45, 7) is -1.13. The minimum atomic E-state index is -2.76. The Kier molecular flexibility index (Phi) is 6.21. The van der Waals surface area contributed by atoms with Gasteiger partial charge in [-0.1, -0.05) is 47.6 Å². The molecule has 0 aliphatic carbocycles. The minimum Gasteiger partial charge on any atom is -0.391 e. The van der Waals surface area contributed by atoms with E-state index in [0.717, 1.165) is 4.57 Å². The summed E-state index contributed by atoms with van der Waals surface area (Å²) >= 11 is 0. The maximum atomic E-state index is 13.6. The molecule has 1 aromatic heterocycles. The van der Waals surface area contributed by atoms with Crippen LogP contribution >= 0.6 is 0 Å². The fraction of sp³-hybridized carbons (Fsp3) is 0.125. The summed E-state index contributed by atoms with van der Waals surface area (Å²) in [4.78, 5) is 22.1. The lowest BCUT2D eigenvalue weighted by molar-refractivity contribution is 0.0736. The second-order valence-electron chi connectivity index (χ2n) is 7.04. The predicted molar refractivity (Wildman–Crippen MR) is 119 cm³/mol. The Hall–Kier alpha value is -4.07. The van der Waals surface area contributed by atoms with E-state index in [2.05, 4.69) is 15.5 Å². The first kappa shape index (κ1) is 21.2. The van der Waals surface area contributed by atoms with E-state index in [4.69, 9.17) is 4.84 Å². The van der Waals surface area contributed by atoms with Crippen molar-refractivity contribution in [3.05, 3.63) is 95.8 Å². The van der Waals surface area contributed by atoms with Crippen molar-refractivity contribution < 1.29 is 18.4 Å². The van der Waals surface area contributed by atoms with Crippen LogP contribution in [0.4, 0.5) is 14.5 Å². The number of halogens is 2. The third kappa shape index (κ3) is 4.64. The van der Waals surface area contributed by atoms with Gasteiger partial charge in [-0.15, -0.1) is 0 Å². The van der Waals surface area contributed by atoms with Crippen LogP contribution in [-0.2, 0) is 11.4 Å². The normalized spacial score (nSPS) is 11.7. The molecule has 8 heteroatoms. The molecule has 3 aromatic carbocycles. The molecule has 1 N–H and O–H groups in total. The van der Waals surface area contributed by atoms with Crippen LogP contribution in [0.1, 0.15) is 35.2 Å². The van der Waals surface area contributed by atoms with Crippen LogP contribution in [-0.4, -0.2) is 21.2 Å². The molecule has 32 heavy (non-hydrogen) atoms. The van der Waals surface area contributed by atoms with Crippen LogP contribution in [0.15, 0.2) is 84.0 Å². The van der Waals surface area contributed by atoms with Crippen molar-refractivity contribution in [2.45, 2.75) is 20.1 Å². The highest BCUT2D eigenvalue weighted by molar-refractivity contribution is 6.04. The van der Waals surface area contributed by atoms with Crippen molar-refractivity contribution >= 4 is 28.3 Å². The van der Waals surface area contributed by atoms with Crippen molar-refractivity contribution in [2.24, 2.45) is 5.16 Å². The molecule has 0 radical (unpaired) electrons.